The minimum atomic E-state index is -3.00. The molecule has 6 heteroatoms. The predicted molar refractivity (Wildman–Crippen MR) is 111 cm³/mol. The van der Waals surface area contributed by atoms with E-state index in [4.69, 9.17) is 0 Å². The second kappa shape index (κ2) is 6.56. The number of hydrogen-bond acceptors (Lipinski definition) is 4. The van der Waals surface area contributed by atoms with Crippen LogP contribution in [-0.4, -0.2) is 34.5 Å². The highest BCUT2D eigenvalue weighted by atomic mass is 32.2. The number of aromatic nitrogens is 3. The molecule has 4 aromatic rings. The Hall–Kier alpha value is -2.99. The number of benzene rings is 2. The fourth-order valence-electron chi connectivity index (χ4n) is 3.93. The first-order chi connectivity index (χ1) is 13.6. The van der Waals surface area contributed by atoms with Crippen LogP contribution in [0.1, 0.15) is 12.5 Å². The van der Waals surface area contributed by atoms with Crippen LogP contribution < -0.4 is 0 Å². The maximum absolute atomic E-state index is 12.1. The number of sulfone groups is 1. The molecule has 0 amide bonds. The van der Waals surface area contributed by atoms with Gasteiger partial charge in [0.15, 0.2) is 9.84 Å². The van der Waals surface area contributed by atoms with Gasteiger partial charge in [-0.1, -0.05) is 48.5 Å². The molecule has 0 bridgehead atoms. The van der Waals surface area contributed by atoms with Crippen molar-refractivity contribution in [3.8, 4) is 22.5 Å². The summed E-state index contributed by atoms with van der Waals surface area (Å²) in [4.78, 5) is 9.28. The van der Waals surface area contributed by atoms with Gasteiger partial charge < -0.3 is 4.57 Å². The number of rotatable bonds is 3. The van der Waals surface area contributed by atoms with Crippen molar-refractivity contribution < 1.29 is 8.42 Å². The van der Waals surface area contributed by atoms with E-state index < -0.39 is 9.84 Å². The Morgan fingerprint density at radius 2 is 1.71 bits per heavy atom. The highest BCUT2D eigenvalue weighted by Crippen LogP contribution is 2.36. The third-order valence-corrected chi connectivity index (χ3v) is 7.06. The lowest BCUT2D eigenvalue weighted by atomic mass is 10.0. The molecule has 3 heterocycles. The molecule has 2 aromatic carbocycles. The van der Waals surface area contributed by atoms with Crippen LogP contribution in [0, 0.1) is 0 Å². The summed E-state index contributed by atoms with van der Waals surface area (Å²) in [6, 6.07) is 20.0. The molecule has 0 radical (unpaired) electrons. The molecule has 1 aliphatic rings. The van der Waals surface area contributed by atoms with E-state index in [-0.39, 0.29) is 17.5 Å². The monoisotopic (exact) mass is 389 g/mol. The van der Waals surface area contributed by atoms with E-state index in [1.54, 1.807) is 6.33 Å². The number of nitrogens with zero attached hydrogens (tertiary/aromatic N) is 3. The first-order valence-electron chi connectivity index (χ1n) is 9.28. The van der Waals surface area contributed by atoms with Crippen molar-refractivity contribution in [2.45, 2.75) is 12.5 Å². The second-order valence-electron chi connectivity index (χ2n) is 7.19. The predicted octanol–water partition coefficient (Wildman–Crippen LogP) is 4.12. The van der Waals surface area contributed by atoms with E-state index in [1.807, 2.05) is 65.4 Å². The van der Waals surface area contributed by atoms with Crippen LogP contribution in [-0.2, 0) is 9.84 Å². The van der Waals surface area contributed by atoms with Crippen LogP contribution in [0.3, 0.4) is 0 Å². The van der Waals surface area contributed by atoms with Crippen molar-refractivity contribution >= 4 is 20.7 Å². The van der Waals surface area contributed by atoms with Crippen LogP contribution in [0.4, 0.5) is 0 Å². The van der Waals surface area contributed by atoms with Gasteiger partial charge in [-0.15, -0.1) is 0 Å². The molecule has 2 aromatic heterocycles. The Balaban J connectivity index is 1.72. The quantitative estimate of drug-likeness (QED) is 0.529. The van der Waals surface area contributed by atoms with Gasteiger partial charge in [0.2, 0.25) is 0 Å². The van der Waals surface area contributed by atoms with Gasteiger partial charge in [0.05, 0.1) is 40.8 Å². The summed E-state index contributed by atoms with van der Waals surface area (Å²) in [5.41, 5.74) is 4.65. The van der Waals surface area contributed by atoms with Crippen molar-refractivity contribution in [2.75, 3.05) is 11.5 Å². The van der Waals surface area contributed by atoms with E-state index in [1.165, 1.54) is 0 Å². The van der Waals surface area contributed by atoms with Crippen molar-refractivity contribution in [3.63, 3.8) is 0 Å². The summed E-state index contributed by atoms with van der Waals surface area (Å²) in [7, 11) is -3.00. The van der Waals surface area contributed by atoms with Crippen molar-refractivity contribution in [3.05, 3.63) is 73.2 Å². The average Bonchev–Trinajstić information content (AvgIpc) is 3.31. The lowest BCUT2D eigenvalue weighted by molar-refractivity contribution is 0.559. The smallest absolute Gasteiger partial charge is 0.152 e. The topological polar surface area (TPSA) is 64.8 Å². The van der Waals surface area contributed by atoms with Crippen molar-refractivity contribution in [1.29, 1.82) is 0 Å². The maximum Gasteiger partial charge on any atom is 0.152 e. The molecule has 0 aliphatic carbocycles. The first-order valence-corrected chi connectivity index (χ1v) is 11.1. The Labute approximate surface area is 163 Å². The molecule has 5 nitrogen and oxygen atoms in total. The summed E-state index contributed by atoms with van der Waals surface area (Å²) in [6.07, 6.45) is 4.24. The van der Waals surface area contributed by atoms with Crippen LogP contribution in [0.5, 0.6) is 0 Å². The zero-order valence-corrected chi connectivity index (χ0v) is 16.0. The highest BCUT2D eigenvalue weighted by molar-refractivity contribution is 7.91. The molecule has 0 N–H and O–H groups in total. The molecule has 1 atom stereocenters. The molecule has 1 aliphatic heterocycles. The fraction of sp³-hybridized carbons (Fsp3) is 0.182. The summed E-state index contributed by atoms with van der Waals surface area (Å²) in [6.45, 7) is 0. The van der Waals surface area contributed by atoms with Gasteiger partial charge in [-0.05, 0) is 18.6 Å². The largest absolute Gasteiger partial charge is 0.326 e. The Kier molecular flexibility index (Phi) is 4.02. The van der Waals surface area contributed by atoms with Crippen LogP contribution in [0.15, 0.2) is 73.2 Å². The van der Waals surface area contributed by atoms with Gasteiger partial charge >= 0.3 is 0 Å². The molecule has 140 valence electrons. The number of hydrogen-bond donors (Lipinski definition) is 0. The van der Waals surface area contributed by atoms with E-state index in [9.17, 15) is 8.42 Å². The molecule has 0 spiro atoms. The van der Waals surface area contributed by atoms with Gasteiger partial charge in [0.25, 0.3) is 0 Å². The first kappa shape index (κ1) is 17.1. The maximum atomic E-state index is 12.1. The summed E-state index contributed by atoms with van der Waals surface area (Å²) >= 11 is 0. The average molecular weight is 389 g/mol. The Bertz CT molecular complexity index is 1260. The lowest BCUT2D eigenvalue weighted by Gasteiger charge is -2.16. The van der Waals surface area contributed by atoms with E-state index in [0.717, 1.165) is 33.4 Å². The van der Waals surface area contributed by atoms with Gasteiger partial charge in [-0.2, -0.15) is 0 Å². The third kappa shape index (κ3) is 2.99. The van der Waals surface area contributed by atoms with E-state index in [0.29, 0.717) is 6.42 Å². The molecular weight excluding hydrogens is 370 g/mol. The Morgan fingerprint density at radius 1 is 0.929 bits per heavy atom. The lowest BCUT2D eigenvalue weighted by Crippen LogP contribution is -2.11. The number of imidazole rings is 1. The zero-order valence-electron chi connectivity index (χ0n) is 15.2. The number of fused-ring (bicyclic) bond motifs is 1. The van der Waals surface area contributed by atoms with Crippen LogP contribution >= 0.6 is 0 Å². The molecular formula is C22H19N3O2S. The van der Waals surface area contributed by atoms with Gasteiger partial charge in [0.1, 0.15) is 0 Å². The van der Waals surface area contributed by atoms with E-state index >= 15 is 0 Å². The minimum absolute atomic E-state index is 0.101. The molecule has 0 unspecified atom stereocenters. The number of pyridine rings is 1. The zero-order chi connectivity index (χ0) is 19.1. The highest BCUT2D eigenvalue weighted by Gasteiger charge is 2.31. The molecule has 1 fully saturated rings. The fourth-order valence-corrected chi connectivity index (χ4v) is 5.64. The minimum Gasteiger partial charge on any atom is -0.326 e. The summed E-state index contributed by atoms with van der Waals surface area (Å²) in [5.74, 6) is 0.386. The standard InChI is InChI=1S/C22H19N3O2S/c26-28(27)11-10-19(14-28)25-15-24-21(16-6-2-1-3-7-16)22(25)18-12-17-8-4-5-9-20(17)23-13-18/h1-9,12-13,15,19H,10-11,14H2/t19-/m0/s1. The molecule has 5 rings (SSSR count). The van der Waals surface area contributed by atoms with Crippen molar-refractivity contribution in [2.24, 2.45) is 0 Å². The van der Waals surface area contributed by atoms with Gasteiger partial charge in [-0.25, -0.2) is 13.4 Å². The van der Waals surface area contributed by atoms with Gasteiger partial charge in [-0.3, -0.25) is 4.98 Å². The van der Waals surface area contributed by atoms with E-state index in [2.05, 4.69) is 16.0 Å². The van der Waals surface area contributed by atoms with Crippen LogP contribution in [0.2, 0.25) is 0 Å². The third-order valence-electron chi connectivity index (χ3n) is 5.31. The molecule has 0 saturated carbocycles. The van der Waals surface area contributed by atoms with Crippen LogP contribution in [0.25, 0.3) is 33.4 Å². The molecule has 28 heavy (non-hydrogen) atoms. The summed E-state index contributed by atoms with van der Waals surface area (Å²) in [5, 5.41) is 1.05. The van der Waals surface area contributed by atoms with Gasteiger partial charge in [0, 0.05) is 22.7 Å². The normalized spacial score (nSPS) is 18.5. The molecule has 1 saturated heterocycles. The second-order valence-corrected chi connectivity index (χ2v) is 9.42. The Morgan fingerprint density at radius 3 is 2.50 bits per heavy atom. The SMILES string of the molecule is O=S1(=O)CC[C@H](n2cnc(-c3ccccc3)c2-c2cnc3ccccc3c2)C1. The number of para-hydroxylation sites is 1. The van der Waals surface area contributed by atoms with Crippen molar-refractivity contribution in [1.82, 2.24) is 14.5 Å². The summed E-state index contributed by atoms with van der Waals surface area (Å²) < 4.78 is 26.2.